The van der Waals surface area contributed by atoms with Gasteiger partial charge in [0.2, 0.25) is 0 Å². The lowest BCUT2D eigenvalue weighted by Gasteiger charge is -2.06. The van der Waals surface area contributed by atoms with Crippen molar-refractivity contribution in [1.82, 2.24) is 5.32 Å². The van der Waals surface area contributed by atoms with Crippen molar-refractivity contribution >= 4 is 27.7 Å². The van der Waals surface area contributed by atoms with E-state index in [4.69, 9.17) is 4.74 Å². The first-order valence-electron chi connectivity index (χ1n) is 4.41. The Morgan fingerprint density at radius 1 is 1.27 bits per heavy atom. The van der Waals surface area contributed by atoms with Gasteiger partial charge in [0.1, 0.15) is 5.75 Å². The normalized spacial score (nSPS) is 13.7. The molecule has 0 saturated carbocycles. The van der Waals surface area contributed by atoms with Crippen LogP contribution in [0.2, 0.25) is 0 Å². The van der Waals surface area contributed by atoms with Crippen LogP contribution in [-0.4, -0.2) is 23.8 Å². The molecule has 15 heavy (non-hydrogen) atoms. The summed E-state index contributed by atoms with van der Waals surface area (Å²) in [6.45, 7) is 0.456. The Labute approximate surface area is 94.7 Å². The number of nitrogens with one attached hydrogen (secondary N) is 1. The second-order valence-electron chi connectivity index (χ2n) is 3.00. The highest BCUT2D eigenvalue weighted by molar-refractivity contribution is 9.09. The van der Waals surface area contributed by atoms with Crippen molar-refractivity contribution in [2.24, 2.45) is 0 Å². The van der Waals surface area contributed by atoms with Gasteiger partial charge in [0, 0.05) is 5.33 Å². The summed E-state index contributed by atoms with van der Waals surface area (Å²) in [6, 6.07) is 4.98. The predicted molar refractivity (Wildman–Crippen MR) is 57.5 cm³/mol. The zero-order chi connectivity index (χ0) is 10.8. The Morgan fingerprint density at radius 2 is 2.07 bits per heavy atom. The van der Waals surface area contributed by atoms with Gasteiger partial charge in [-0.15, -0.1) is 0 Å². The van der Waals surface area contributed by atoms with E-state index in [1.54, 1.807) is 18.2 Å². The fraction of sp³-hybridized carbons (Fsp3) is 0.200. The minimum Gasteiger partial charge on any atom is -0.492 e. The monoisotopic (exact) mass is 269 g/mol. The van der Waals surface area contributed by atoms with E-state index in [0.29, 0.717) is 28.8 Å². The number of carbonyl (C=O) groups is 2. The van der Waals surface area contributed by atoms with Gasteiger partial charge in [0.25, 0.3) is 11.8 Å². The van der Waals surface area contributed by atoms with Crippen molar-refractivity contribution in [3.8, 4) is 5.75 Å². The number of hydrogen-bond donors (Lipinski definition) is 1. The van der Waals surface area contributed by atoms with Gasteiger partial charge in [0.05, 0.1) is 17.7 Å². The van der Waals surface area contributed by atoms with E-state index in [9.17, 15) is 9.59 Å². The Balaban J connectivity index is 2.41. The highest BCUT2D eigenvalue weighted by Gasteiger charge is 2.29. The van der Waals surface area contributed by atoms with Crippen LogP contribution in [-0.2, 0) is 0 Å². The number of alkyl halides is 1. The first-order chi connectivity index (χ1) is 7.24. The van der Waals surface area contributed by atoms with Crippen LogP contribution in [0.3, 0.4) is 0 Å². The number of halogens is 1. The van der Waals surface area contributed by atoms with Crippen molar-refractivity contribution in [2.45, 2.75) is 0 Å². The number of ether oxygens (including phenoxy) is 1. The average Bonchev–Trinajstić information content (AvgIpc) is 2.53. The Kier molecular flexibility index (Phi) is 2.73. The van der Waals surface area contributed by atoms with E-state index in [1.165, 1.54) is 0 Å². The second kappa shape index (κ2) is 4.02. The largest absolute Gasteiger partial charge is 0.492 e. The van der Waals surface area contributed by atoms with Gasteiger partial charge in [-0.3, -0.25) is 14.9 Å². The molecule has 0 unspecified atom stereocenters. The highest BCUT2D eigenvalue weighted by atomic mass is 79.9. The Bertz CT molecular complexity index is 431. The first kappa shape index (κ1) is 10.2. The first-order valence-corrected chi connectivity index (χ1v) is 5.53. The highest BCUT2D eigenvalue weighted by Crippen LogP contribution is 2.26. The Morgan fingerprint density at radius 3 is 2.80 bits per heavy atom. The van der Waals surface area contributed by atoms with E-state index >= 15 is 0 Å². The number of imide groups is 1. The predicted octanol–water partition coefficient (Wildman–Crippen LogP) is 1.34. The average molecular weight is 270 g/mol. The fourth-order valence-electron chi connectivity index (χ4n) is 1.46. The van der Waals surface area contributed by atoms with Gasteiger partial charge in [-0.05, 0) is 12.1 Å². The number of hydrogen-bond acceptors (Lipinski definition) is 3. The molecule has 1 aromatic carbocycles. The molecule has 1 aromatic rings. The summed E-state index contributed by atoms with van der Waals surface area (Å²) in [5, 5.41) is 2.90. The lowest BCUT2D eigenvalue weighted by atomic mass is 10.1. The summed E-state index contributed by atoms with van der Waals surface area (Å²) in [5.74, 6) is -0.297. The van der Waals surface area contributed by atoms with Crippen LogP contribution in [0.1, 0.15) is 20.7 Å². The zero-order valence-electron chi connectivity index (χ0n) is 7.75. The molecule has 78 valence electrons. The van der Waals surface area contributed by atoms with Crippen molar-refractivity contribution in [1.29, 1.82) is 0 Å². The maximum Gasteiger partial charge on any atom is 0.262 e. The van der Waals surface area contributed by atoms with Gasteiger partial charge in [-0.1, -0.05) is 22.0 Å². The van der Waals surface area contributed by atoms with E-state index in [1.807, 2.05) is 0 Å². The maximum atomic E-state index is 11.4. The minimum atomic E-state index is -0.389. The third-order valence-corrected chi connectivity index (χ3v) is 2.38. The molecule has 1 N–H and O–H groups in total. The SMILES string of the molecule is O=C1NC(=O)c2c(OCCBr)cccc21. The molecule has 0 aliphatic carbocycles. The topological polar surface area (TPSA) is 55.4 Å². The van der Waals surface area contributed by atoms with Crippen molar-refractivity contribution in [3.63, 3.8) is 0 Å². The summed E-state index contributed by atoms with van der Waals surface area (Å²) in [7, 11) is 0. The van der Waals surface area contributed by atoms with Gasteiger partial charge < -0.3 is 4.74 Å². The molecule has 0 atom stereocenters. The minimum absolute atomic E-state index is 0.337. The summed E-state index contributed by atoms with van der Waals surface area (Å²) in [5.41, 5.74) is 0.718. The molecule has 1 aliphatic heterocycles. The van der Waals surface area contributed by atoms with Gasteiger partial charge in [-0.2, -0.15) is 0 Å². The van der Waals surface area contributed by atoms with Crippen LogP contribution in [0, 0.1) is 0 Å². The molecule has 0 radical (unpaired) electrons. The third kappa shape index (κ3) is 1.74. The molecule has 1 aliphatic rings. The molecule has 4 nitrogen and oxygen atoms in total. The van der Waals surface area contributed by atoms with Crippen LogP contribution in [0.25, 0.3) is 0 Å². The van der Waals surface area contributed by atoms with E-state index in [0.717, 1.165) is 0 Å². The maximum absolute atomic E-state index is 11.4. The van der Waals surface area contributed by atoms with Gasteiger partial charge in [-0.25, -0.2) is 0 Å². The van der Waals surface area contributed by atoms with Crippen LogP contribution < -0.4 is 10.1 Å². The summed E-state index contributed by atoms with van der Waals surface area (Å²) in [6.07, 6.45) is 0. The molecule has 0 aromatic heterocycles. The second-order valence-corrected chi connectivity index (χ2v) is 3.79. The molecular weight excluding hydrogens is 262 g/mol. The van der Waals surface area contributed by atoms with Gasteiger partial charge in [0.15, 0.2) is 0 Å². The lowest BCUT2D eigenvalue weighted by molar-refractivity contribution is 0.0879. The van der Waals surface area contributed by atoms with Crippen molar-refractivity contribution in [3.05, 3.63) is 29.3 Å². The van der Waals surface area contributed by atoms with Gasteiger partial charge >= 0.3 is 0 Å². The molecule has 0 saturated heterocycles. The van der Waals surface area contributed by atoms with E-state index in [2.05, 4.69) is 21.2 Å². The lowest BCUT2D eigenvalue weighted by Crippen LogP contribution is -2.20. The van der Waals surface area contributed by atoms with Crippen LogP contribution >= 0.6 is 15.9 Å². The number of carbonyl (C=O) groups excluding carboxylic acids is 2. The third-order valence-electron chi connectivity index (χ3n) is 2.06. The Hall–Kier alpha value is -1.36. The van der Waals surface area contributed by atoms with E-state index < -0.39 is 0 Å². The number of rotatable bonds is 3. The molecule has 0 bridgehead atoms. The summed E-state index contributed by atoms with van der Waals surface area (Å²) in [4.78, 5) is 22.7. The van der Waals surface area contributed by atoms with Crippen LogP contribution in [0.4, 0.5) is 0 Å². The van der Waals surface area contributed by atoms with Crippen LogP contribution in [0.5, 0.6) is 5.75 Å². The standard InChI is InChI=1S/C10H8BrNO3/c11-4-5-15-7-3-1-2-6-8(7)10(14)12-9(6)13/h1-3H,4-5H2,(H,12,13,14). The molecule has 1 heterocycles. The smallest absolute Gasteiger partial charge is 0.262 e. The molecule has 2 rings (SSSR count). The van der Waals surface area contributed by atoms with Crippen molar-refractivity contribution < 1.29 is 14.3 Å². The molecule has 5 heteroatoms. The van der Waals surface area contributed by atoms with Crippen molar-refractivity contribution in [2.75, 3.05) is 11.9 Å². The van der Waals surface area contributed by atoms with E-state index in [-0.39, 0.29) is 11.8 Å². The molecule has 0 fully saturated rings. The molecular formula is C10H8BrNO3. The van der Waals surface area contributed by atoms with Crippen LogP contribution in [0.15, 0.2) is 18.2 Å². The number of amides is 2. The summed E-state index contributed by atoms with van der Waals surface area (Å²) >= 11 is 3.22. The number of fused-ring (bicyclic) bond motifs is 1. The quantitative estimate of drug-likeness (QED) is 0.666. The number of benzene rings is 1. The molecule has 0 spiro atoms. The molecule has 2 amide bonds. The zero-order valence-corrected chi connectivity index (χ0v) is 9.33. The summed E-state index contributed by atoms with van der Waals surface area (Å²) < 4.78 is 5.36. The fourth-order valence-corrected chi connectivity index (χ4v) is 1.62.